The lowest BCUT2D eigenvalue weighted by atomic mass is 10.2. The van der Waals surface area contributed by atoms with E-state index in [-0.39, 0.29) is 17.5 Å². The molecule has 0 spiro atoms. The van der Waals surface area contributed by atoms with Gasteiger partial charge in [-0.2, -0.15) is 18.3 Å². The zero-order chi connectivity index (χ0) is 13.9. The third-order valence-electron chi connectivity index (χ3n) is 2.22. The van der Waals surface area contributed by atoms with Gasteiger partial charge in [0.15, 0.2) is 0 Å². The van der Waals surface area contributed by atoms with Gasteiger partial charge in [-0.1, -0.05) is 6.07 Å². The smallest absolute Gasteiger partial charge is 0.416 e. The molecule has 0 unspecified atom stereocenters. The molecule has 2 rings (SSSR count). The van der Waals surface area contributed by atoms with Crippen molar-refractivity contribution in [3.63, 3.8) is 0 Å². The molecule has 0 radical (unpaired) electrons. The van der Waals surface area contributed by atoms with E-state index in [9.17, 15) is 13.2 Å². The van der Waals surface area contributed by atoms with Gasteiger partial charge in [-0.25, -0.2) is 0 Å². The molecular weight excluding hydrogens is 281 g/mol. The first-order valence-corrected chi connectivity index (χ1v) is 5.76. The van der Waals surface area contributed by atoms with Crippen LogP contribution in [0.25, 0.3) is 0 Å². The Kier molecular flexibility index (Phi) is 3.90. The molecule has 0 N–H and O–H groups in total. The standard InChI is InChI=1S/C12H8ClF3N2O/c13-7-9-4-5-11(18-17-9)19-10-3-1-2-8(6-10)12(14,15)16/h1-6H,7H2. The average molecular weight is 289 g/mol. The number of halogens is 4. The van der Waals surface area contributed by atoms with Crippen LogP contribution in [0, 0.1) is 0 Å². The first kappa shape index (κ1) is 13.6. The summed E-state index contributed by atoms with van der Waals surface area (Å²) < 4.78 is 42.7. The van der Waals surface area contributed by atoms with Gasteiger partial charge in [0, 0.05) is 6.07 Å². The summed E-state index contributed by atoms with van der Waals surface area (Å²) in [7, 11) is 0. The quantitative estimate of drug-likeness (QED) is 0.800. The highest BCUT2D eigenvalue weighted by Gasteiger charge is 2.30. The molecule has 1 heterocycles. The van der Waals surface area contributed by atoms with E-state index in [1.54, 1.807) is 6.07 Å². The molecule has 0 fully saturated rings. The molecule has 19 heavy (non-hydrogen) atoms. The molecule has 0 aliphatic rings. The van der Waals surface area contributed by atoms with E-state index in [0.29, 0.717) is 5.69 Å². The van der Waals surface area contributed by atoms with E-state index >= 15 is 0 Å². The molecule has 1 aromatic carbocycles. The Bertz CT molecular complexity index is 558. The highest BCUT2D eigenvalue weighted by molar-refractivity contribution is 6.16. The number of rotatable bonds is 3. The number of aromatic nitrogens is 2. The number of benzene rings is 1. The zero-order valence-corrected chi connectivity index (χ0v) is 10.2. The number of alkyl halides is 4. The van der Waals surface area contributed by atoms with E-state index in [2.05, 4.69) is 10.2 Å². The van der Waals surface area contributed by atoms with E-state index in [1.807, 2.05) is 0 Å². The second-order valence-corrected chi connectivity index (χ2v) is 3.89. The fourth-order valence-corrected chi connectivity index (χ4v) is 1.47. The van der Waals surface area contributed by atoms with Gasteiger partial charge in [0.1, 0.15) is 5.75 Å². The Hall–Kier alpha value is -1.82. The molecule has 0 aliphatic heterocycles. The Morgan fingerprint density at radius 3 is 2.47 bits per heavy atom. The van der Waals surface area contributed by atoms with E-state index in [4.69, 9.17) is 16.3 Å². The summed E-state index contributed by atoms with van der Waals surface area (Å²) in [6.07, 6.45) is -4.41. The summed E-state index contributed by atoms with van der Waals surface area (Å²) in [6, 6.07) is 7.62. The van der Waals surface area contributed by atoms with Gasteiger partial charge in [-0.15, -0.1) is 16.7 Å². The average Bonchev–Trinajstić information content (AvgIpc) is 2.39. The molecule has 0 aliphatic carbocycles. The van der Waals surface area contributed by atoms with E-state index in [1.165, 1.54) is 18.2 Å². The molecule has 2 aromatic rings. The van der Waals surface area contributed by atoms with Crippen LogP contribution < -0.4 is 4.74 Å². The summed E-state index contributed by atoms with van der Waals surface area (Å²) in [5.74, 6) is 0.354. The Labute approximate surface area is 112 Å². The van der Waals surface area contributed by atoms with Gasteiger partial charge >= 0.3 is 6.18 Å². The normalized spacial score (nSPS) is 11.4. The maximum Gasteiger partial charge on any atom is 0.416 e. The third kappa shape index (κ3) is 3.57. The molecule has 100 valence electrons. The Morgan fingerprint density at radius 1 is 1.11 bits per heavy atom. The van der Waals surface area contributed by atoms with Gasteiger partial charge in [-0.05, 0) is 24.3 Å². The van der Waals surface area contributed by atoms with Crippen molar-refractivity contribution in [1.29, 1.82) is 0 Å². The van der Waals surface area contributed by atoms with Gasteiger partial charge < -0.3 is 4.74 Å². The summed E-state index contributed by atoms with van der Waals surface area (Å²) in [5.41, 5.74) is -0.228. The fourth-order valence-electron chi connectivity index (χ4n) is 1.33. The third-order valence-corrected chi connectivity index (χ3v) is 2.49. The minimum Gasteiger partial charge on any atom is -0.438 e. The van der Waals surface area contributed by atoms with Crippen LogP contribution in [-0.2, 0) is 12.1 Å². The van der Waals surface area contributed by atoms with E-state index < -0.39 is 11.7 Å². The van der Waals surface area contributed by atoms with Crippen LogP contribution in [0.15, 0.2) is 36.4 Å². The first-order valence-electron chi connectivity index (χ1n) is 5.23. The molecule has 1 aromatic heterocycles. The summed E-state index contributed by atoms with van der Waals surface area (Å²) in [4.78, 5) is 0. The van der Waals surface area contributed by atoms with Crippen LogP contribution in [0.4, 0.5) is 13.2 Å². The molecule has 3 nitrogen and oxygen atoms in total. The Morgan fingerprint density at radius 2 is 1.89 bits per heavy atom. The highest BCUT2D eigenvalue weighted by atomic mass is 35.5. The predicted octanol–water partition coefficient (Wildman–Crippen LogP) is 4.03. The molecule has 7 heteroatoms. The second kappa shape index (κ2) is 5.44. The Balaban J connectivity index is 2.18. The van der Waals surface area contributed by atoms with Crippen LogP contribution in [0.5, 0.6) is 11.6 Å². The maximum absolute atomic E-state index is 12.5. The fraction of sp³-hybridized carbons (Fsp3) is 0.167. The van der Waals surface area contributed by atoms with Crippen molar-refractivity contribution in [1.82, 2.24) is 10.2 Å². The molecule has 0 saturated carbocycles. The zero-order valence-electron chi connectivity index (χ0n) is 9.49. The van der Waals surface area contributed by atoms with Crippen molar-refractivity contribution in [2.45, 2.75) is 12.1 Å². The minimum absolute atomic E-state index is 0.0442. The summed E-state index contributed by atoms with van der Waals surface area (Å²) >= 11 is 5.54. The summed E-state index contributed by atoms with van der Waals surface area (Å²) in [6.45, 7) is 0. The molecule has 0 bridgehead atoms. The highest BCUT2D eigenvalue weighted by Crippen LogP contribution is 2.32. The SMILES string of the molecule is FC(F)(F)c1cccc(Oc2ccc(CCl)nn2)c1. The lowest BCUT2D eigenvalue weighted by Crippen LogP contribution is -2.04. The summed E-state index contributed by atoms with van der Waals surface area (Å²) in [5, 5.41) is 7.43. The minimum atomic E-state index is -4.41. The molecule has 0 saturated heterocycles. The second-order valence-electron chi connectivity index (χ2n) is 3.62. The van der Waals surface area contributed by atoms with Crippen molar-refractivity contribution < 1.29 is 17.9 Å². The maximum atomic E-state index is 12.5. The van der Waals surface area contributed by atoms with Gasteiger partial charge in [-0.3, -0.25) is 0 Å². The van der Waals surface area contributed by atoms with Gasteiger partial charge in [0.05, 0.1) is 17.1 Å². The topological polar surface area (TPSA) is 35.0 Å². The monoisotopic (exact) mass is 288 g/mol. The lowest BCUT2D eigenvalue weighted by Gasteiger charge is -2.09. The number of hydrogen-bond acceptors (Lipinski definition) is 3. The number of nitrogens with zero attached hydrogens (tertiary/aromatic N) is 2. The van der Waals surface area contributed by atoms with Crippen molar-refractivity contribution >= 4 is 11.6 Å². The molecule has 0 amide bonds. The van der Waals surface area contributed by atoms with Crippen molar-refractivity contribution in [2.24, 2.45) is 0 Å². The van der Waals surface area contributed by atoms with Crippen LogP contribution in [0.1, 0.15) is 11.3 Å². The predicted molar refractivity (Wildman–Crippen MR) is 63.1 cm³/mol. The van der Waals surface area contributed by atoms with Crippen LogP contribution >= 0.6 is 11.6 Å². The van der Waals surface area contributed by atoms with Crippen LogP contribution in [0.3, 0.4) is 0 Å². The largest absolute Gasteiger partial charge is 0.438 e. The van der Waals surface area contributed by atoms with E-state index in [0.717, 1.165) is 12.1 Å². The molecular formula is C12H8ClF3N2O. The van der Waals surface area contributed by atoms with Crippen LogP contribution in [-0.4, -0.2) is 10.2 Å². The van der Waals surface area contributed by atoms with Crippen LogP contribution in [0.2, 0.25) is 0 Å². The number of hydrogen-bond donors (Lipinski definition) is 0. The first-order chi connectivity index (χ1) is 8.99. The lowest BCUT2D eigenvalue weighted by molar-refractivity contribution is -0.137. The van der Waals surface area contributed by atoms with Crippen molar-refractivity contribution in [2.75, 3.05) is 0 Å². The van der Waals surface area contributed by atoms with Gasteiger partial charge in [0.2, 0.25) is 5.88 Å². The van der Waals surface area contributed by atoms with Gasteiger partial charge in [0.25, 0.3) is 0 Å². The molecule has 0 atom stereocenters. The van der Waals surface area contributed by atoms with Crippen molar-refractivity contribution in [3.05, 3.63) is 47.7 Å². The van der Waals surface area contributed by atoms with Crippen molar-refractivity contribution in [3.8, 4) is 11.6 Å². The number of ether oxygens (including phenoxy) is 1.